The van der Waals surface area contributed by atoms with Gasteiger partial charge < -0.3 is 9.72 Å². The topological polar surface area (TPSA) is 42.1 Å². The number of hydrogen-bond donors (Lipinski definition) is 1. The molecule has 2 heterocycles. The van der Waals surface area contributed by atoms with Crippen LogP contribution < -0.4 is 5.43 Å². The van der Waals surface area contributed by atoms with Gasteiger partial charge in [-0.1, -0.05) is 44.5 Å². The molecule has 0 aliphatic carbocycles. The van der Waals surface area contributed by atoms with Gasteiger partial charge in [0.2, 0.25) is 0 Å². The fourth-order valence-electron chi connectivity index (χ4n) is 3.53. The highest BCUT2D eigenvalue weighted by atomic mass is 35.5. The molecular formula is C22H26ClNO2. The lowest BCUT2D eigenvalue weighted by Crippen LogP contribution is -2.16. The van der Waals surface area contributed by atoms with Crippen LogP contribution in [0.3, 0.4) is 0 Å². The van der Waals surface area contributed by atoms with Crippen molar-refractivity contribution in [3.05, 3.63) is 61.9 Å². The van der Waals surface area contributed by atoms with Crippen LogP contribution in [0.4, 0.5) is 0 Å². The summed E-state index contributed by atoms with van der Waals surface area (Å²) in [5, 5.41) is 0.729. The van der Waals surface area contributed by atoms with Crippen LogP contribution >= 0.6 is 11.6 Å². The highest BCUT2D eigenvalue weighted by Crippen LogP contribution is 2.35. The summed E-state index contributed by atoms with van der Waals surface area (Å²) in [5.74, 6) is 0. The number of benzene rings is 1. The van der Waals surface area contributed by atoms with Crippen molar-refractivity contribution in [3.63, 3.8) is 0 Å². The zero-order valence-electron chi connectivity index (χ0n) is 16.1. The van der Waals surface area contributed by atoms with Crippen LogP contribution in [-0.2, 0) is 10.2 Å². The van der Waals surface area contributed by atoms with Crippen LogP contribution in [0.15, 0.2) is 29.1 Å². The first-order valence-corrected chi connectivity index (χ1v) is 9.38. The van der Waals surface area contributed by atoms with Crippen LogP contribution in [0.2, 0.25) is 5.02 Å². The summed E-state index contributed by atoms with van der Waals surface area (Å²) in [7, 11) is 0. The largest absolute Gasteiger partial charge is 0.377 e. The maximum absolute atomic E-state index is 12.8. The van der Waals surface area contributed by atoms with E-state index in [1.807, 2.05) is 19.1 Å². The number of ether oxygens (including phenoxy) is 1. The molecule has 0 spiro atoms. The lowest BCUT2D eigenvalue weighted by Gasteiger charge is -2.23. The molecule has 1 aliphatic heterocycles. The molecule has 2 aromatic rings. The van der Waals surface area contributed by atoms with E-state index in [0.29, 0.717) is 13.2 Å². The van der Waals surface area contributed by atoms with Crippen molar-refractivity contribution in [1.82, 2.24) is 4.98 Å². The van der Waals surface area contributed by atoms with Crippen molar-refractivity contribution in [2.24, 2.45) is 0 Å². The van der Waals surface area contributed by atoms with Crippen molar-refractivity contribution < 1.29 is 4.74 Å². The maximum Gasteiger partial charge on any atom is 0.189 e. The second-order valence-corrected chi connectivity index (χ2v) is 8.41. The third-order valence-electron chi connectivity index (χ3n) is 4.92. The van der Waals surface area contributed by atoms with Gasteiger partial charge in [-0.05, 0) is 48.4 Å². The third kappa shape index (κ3) is 3.65. The summed E-state index contributed by atoms with van der Waals surface area (Å²) >= 11 is 6.55. The molecule has 3 rings (SSSR count). The van der Waals surface area contributed by atoms with Crippen molar-refractivity contribution in [1.29, 1.82) is 0 Å². The van der Waals surface area contributed by atoms with Crippen molar-refractivity contribution in [3.8, 4) is 11.3 Å². The van der Waals surface area contributed by atoms with Gasteiger partial charge in [-0.3, -0.25) is 4.79 Å². The second-order valence-electron chi connectivity index (χ2n) is 8.00. The molecule has 4 heteroatoms. The first-order valence-electron chi connectivity index (χ1n) is 9.00. The predicted octanol–water partition coefficient (Wildman–Crippen LogP) is 5.41. The second kappa shape index (κ2) is 7.05. The van der Waals surface area contributed by atoms with E-state index < -0.39 is 0 Å². The highest BCUT2D eigenvalue weighted by molar-refractivity contribution is 6.31. The molecule has 138 valence electrons. The molecule has 0 fully saturated rings. The lowest BCUT2D eigenvalue weighted by molar-refractivity contribution is 0.161. The number of hydrogen-bond acceptors (Lipinski definition) is 2. The van der Waals surface area contributed by atoms with Gasteiger partial charge in [-0.15, -0.1) is 0 Å². The van der Waals surface area contributed by atoms with Gasteiger partial charge in [0.1, 0.15) is 0 Å². The Labute approximate surface area is 160 Å². The van der Waals surface area contributed by atoms with Gasteiger partial charge in [0.25, 0.3) is 0 Å². The van der Waals surface area contributed by atoms with Crippen LogP contribution in [0, 0.1) is 13.8 Å². The van der Waals surface area contributed by atoms with Crippen molar-refractivity contribution >= 4 is 17.2 Å². The Morgan fingerprint density at radius 3 is 2.46 bits per heavy atom. The molecule has 0 atom stereocenters. The Kier molecular flexibility index (Phi) is 5.14. The smallest absolute Gasteiger partial charge is 0.189 e. The van der Waals surface area contributed by atoms with Gasteiger partial charge in [-0.2, -0.15) is 0 Å². The Morgan fingerprint density at radius 2 is 1.88 bits per heavy atom. The SMILES string of the molecule is Cc1cc(C(C)(C)C)c(Cl)cc1-c1cc(=O)c(C2=CCOCC2)c(C)[nH]1. The third-order valence-corrected chi connectivity index (χ3v) is 5.23. The molecule has 1 aromatic carbocycles. The fourth-order valence-corrected chi connectivity index (χ4v) is 3.98. The van der Waals surface area contributed by atoms with Gasteiger partial charge in [-0.25, -0.2) is 0 Å². The summed E-state index contributed by atoms with van der Waals surface area (Å²) in [6, 6.07) is 5.78. The Balaban J connectivity index is 2.10. The number of rotatable bonds is 2. The predicted molar refractivity (Wildman–Crippen MR) is 109 cm³/mol. The average Bonchev–Trinajstić information content (AvgIpc) is 2.56. The monoisotopic (exact) mass is 371 g/mol. The van der Waals surface area contributed by atoms with Gasteiger partial charge in [0, 0.05) is 33.6 Å². The molecule has 1 aromatic heterocycles. The van der Waals surface area contributed by atoms with E-state index in [0.717, 1.165) is 50.7 Å². The van der Waals surface area contributed by atoms with E-state index in [-0.39, 0.29) is 10.8 Å². The number of H-pyrrole nitrogens is 1. The molecule has 0 radical (unpaired) electrons. The highest BCUT2D eigenvalue weighted by Gasteiger charge is 2.20. The van der Waals surface area contributed by atoms with Crippen LogP contribution in [-0.4, -0.2) is 18.2 Å². The molecule has 1 aliphatic rings. The van der Waals surface area contributed by atoms with Crippen LogP contribution in [0.5, 0.6) is 0 Å². The molecular weight excluding hydrogens is 346 g/mol. The van der Waals surface area contributed by atoms with Gasteiger partial charge in [0.05, 0.1) is 13.2 Å². The molecule has 0 amide bonds. The number of aryl methyl sites for hydroxylation is 2. The van der Waals surface area contributed by atoms with E-state index in [4.69, 9.17) is 16.3 Å². The maximum atomic E-state index is 12.8. The molecule has 0 saturated heterocycles. The quantitative estimate of drug-likeness (QED) is 0.766. The summed E-state index contributed by atoms with van der Waals surface area (Å²) in [6.45, 7) is 11.7. The molecule has 0 saturated carbocycles. The first kappa shape index (κ1) is 18.9. The minimum atomic E-state index is -0.0247. The van der Waals surface area contributed by atoms with E-state index >= 15 is 0 Å². The van der Waals surface area contributed by atoms with E-state index in [1.165, 1.54) is 0 Å². The van der Waals surface area contributed by atoms with Crippen molar-refractivity contribution in [2.75, 3.05) is 13.2 Å². The number of aromatic amines is 1. The van der Waals surface area contributed by atoms with Gasteiger partial charge >= 0.3 is 0 Å². The first-order chi connectivity index (χ1) is 12.2. The number of aromatic nitrogens is 1. The summed E-state index contributed by atoms with van der Waals surface area (Å²) in [4.78, 5) is 16.2. The van der Waals surface area contributed by atoms with E-state index in [2.05, 4.69) is 38.7 Å². The summed E-state index contributed by atoms with van der Waals surface area (Å²) in [6.07, 6.45) is 2.77. The average molecular weight is 372 g/mol. The minimum Gasteiger partial charge on any atom is -0.377 e. The Hall–Kier alpha value is -1.84. The van der Waals surface area contributed by atoms with Crippen molar-refractivity contribution in [2.45, 2.75) is 46.5 Å². The summed E-state index contributed by atoms with van der Waals surface area (Å²) in [5.41, 5.74) is 6.74. The number of halogens is 1. The molecule has 0 bridgehead atoms. The van der Waals surface area contributed by atoms with Crippen LogP contribution in [0.25, 0.3) is 16.8 Å². The summed E-state index contributed by atoms with van der Waals surface area (Å²) < 4.78 is 5.36. The lowest BCUT2D eigenvalue weighted by atomic mass is 9.85. The van der Waals surface area contributed by atoms with Gasteiger partial charge in [0.15, 0.2) is 5.43 Å². The van der Waals surface area contributed by atoms with E-state index in [9.17, 15) is 4.79 Å². The zero-order valence-corrected chi connectivity index (χ0v) is 16.9. The van der Waals surface area contributed by atoms with E-state index in [1.54, 1.807) is 6.07 Å². The molecule has 3 nitrogen and oxygen atoms in total. The number of nitrogens with one attached hydrogen (secondary N) is 1. The van der Waals surface area contributed by atoms with Crippen LogP contribution in [0.1, 0.15) is 49.6 Å². The molecule has 1 N–H and O–H groups in total. The number of pyridine rings is 1. The normalized spacial score (nSPS) is 15.1. The Morgan fingerprint density at radius 1 is 1.15 bits per heavy atom. The standard InChI is InChI=1S/C22H26ClNO2/c1-13-10-17(22(3,4)5)18(23)11-16(13)19-12-20(25)21(14(2)24-19)15-6-8-26-9-7-15/h6,10-12H,7-9H2,1-5H3,(H,24,25). The zero-order chi connectivity index (χ0) is 19.1. The Bertz CT molecular complexity index is 932. The molecule has 0 unspecified atom stereocenters. The fraction of sp³-hybridized carbons (Fsp3) is 0.409. The molecule has 26 heavy (non-hydrogen) atoms. The minimum absolute atomic E-state index is 0.0247.